The normalized spacial score (nSPS) is 10.3. The molecular formula is C21H22N4O2. The molecule has 27 heavy (non-hydrogen) atoms. The predicted molar refractivity (Wildman–Crippen MR) is 106 cm³/mol. The quantitative estimate of drug-likeness (QED) is 0.663. The van der Waals surface area contributed by atoms with Crippen molar-refractivity contribution in [1.82, 2.24) is 9.97 Å². The maximum absolute atomic E-state index is 12.3. The fourth-order valence-electron chi connectivity index (χ4n) is 2.43. The Morgan fingerprint density at radius 1 is 1.00 bits per heavy atom. The molecule has 2 N–H and O–H groups in total. The molecule has 6 heteroatoms. The van der Waals surface area contributed by atoms with Crippen molar-refractivity contribution in [3.8, 4) is 5.75 Å². The number of hydrogen-bond donors (Lipinski definition) is 2. The summed E-state index contributed by atoms with van der Waals surface area (Å²) in [6.45, 7) is 5.21. The van der Waals surface area contributed by atoms with E-state index in [1.54, 1.807) is 12.1 Å². The second-order valence-corrected chi connectivity index (χ2v) is 6.05. The molecule has 0 aliphatic carbocycles. The third-order valence-corrected chi connectivity index (χ3v) is 3.91. The average molecular weight is 362 g/mol. The monoisotopic (exact) mass is 362 g/mol. The van der Waals surface area contributed by atoms with Crippen LogP contribution in [-0.4, -0.2) is 22.5 Å². The molecule has 0 bridgehead atoms. The van der Waals surface area contributed by atoms with Crippen molar-refractivity contribution in [3.63, 3.8) is 0 Å². The lowest BCUT2D eigenvalue weighted by molar-refractivity contribution is 0.102. The molecule has 1 amide bonds. The van der Waals surface area contributed by atoms with Crippen molar-refractivity contribution in [1.29, 1.82) is 0 Å². The number of hydrogen-bond acceptors (Lipinski definition) is 5. The van der Waals surface area contributed by atoms with Crippen LogP contribution in [0.5, 0.6) is 5.75 Å². The summed E-state index contributed by atoms with van der Waals surface area (Å²) in [5.74, 6) is 0.986. The third kappa shape index (κ3) is 5.28. The fraction of sp³-hybridized carbons (Fsp3) is 0.190. The summed E-state index contributed by atoms with van der Waals surface area (Å²) in [5.41, 5.74) is 3.44. The van der Waals surface area contributed by atoms with E-state index >= 15 is 0 Å². The molecule has 1 heterocycles. The molecule has 0 fully saturated rings. The van der Waals surface area contributed by atoms with E-state index in [2.05, 4.69) is 51.8 Å². The summed E-state index contributed by atoms with van der Waals surface area (Å²) in [5, 5.41) is 5.96. The van der Waals surface area contributed by atoms with Crippen molar-refractivity contribution in [2.75, 3.05) is 17.2 Å². The predicted octanol–water partition coefficient (Wildman–Crippen LogP) is 4.05. The zero-order valence-electron chi connectivity index (χ0n) is 15.4. The topological polar surface area (TPSA) is 76.1 Å². The first-order valence-corrected chi connectivity index (χ1v) is 8.79. The van der Waals surface area contributed by atoms with Crippen LogP contribution in [0.25, 0.3) is 0 Å². The van der Waals surface area contributed by atoms with E-state index in [1.807, 2.05) is 19.1 Å². The highest BCUT2D eigenvalue weighted by Gasteiger charge is 2.08. The number of benzene rings is 2. The molecule has 0 saturated heterocycles. The van der Waals surface area contributed by atoms with Crippen molar-refractivity contribution in [3.05, 3.63) is 77.6 Å². The van der Waals surface area contributed by atoms with Gasteiger partial charge in [-0.3, -0.25) is 4.79 Å². The molecule has 0 atom stereocenters. The van der Waals surface area contributed by atoms with Crippen molar-refractivity contribution >= 4 is 17.5 Å². The molecule has 0 saturated carbocycles. The minimum Gasteiger partial charge on any atom is -0.494 e. The Kier molecular flexibility index (Phi) is 5.99. The van der Waals surface area contributed by atoms with Gasteiger partial charge in [0, 0.05) is 24.6 Å². The molecule has 0 aliphatic heterocycles. The molecule has 1 aromatic heterocycles. The first-order valence-electron chi connectivity index (χ1n) is 8.79. The van der Waals surface area contributed by atoms with E-state index in [-0.39, 0.29) is 5.91 Å². The smallest absolute Gasteiger partial charge is 0.258 e. The summed E-state index contributed by atoms with van der Waals surface area (Å²) in [6.07, 6.45) is 3.02. The van der Waals surface area contributed by atoms with Gasteiger partial charge in [0.2, 0.25) is 5.95 Å². The molecular weight excluding hydrogens is 340 g/mol. The van der Waals surface area contributed by atoms with Crippen LogP contribution < -0.4 is 15.4 Å². The Hall–Kier alpha value is -3.41. The highest BCUT2D eigenvalue weighted by Crippen LogP contribution is 2.16. The van der Waals surface area contributed by atoms with E-state index in [0.717, 1.165) is 11.3 Å². The number of rotatable bonds is 7. The summed E-state index contributed by atoms with van der Waals surface area (Å²) in [4.78, 5) is 20.7. The van der Waals surface area contributed by atoms with Crippen molar-refractivity contribution < 1.29 is 9.53 Å². The number of aryl methyl sites for hydroxylation is 1. The summed E-state index contributed by atoms with van der Waals surface area (Å²) >= 11 is 0. The Bertz CT molecular complexity index is 876. The molecule has 138 valence electrons. The van der Waals surface area contributed by atoms with Crippen LogP contribution in [0.2, 0.25) is 0 Å². The molecule has 3 aromatic rings. The average Bonchev–Trinajstić information content (AvgIpc) is 2.70. The first-order chi connectivity index (χ1) is 13.1. The molecule has 0 aliphatic rings. The van der Waals surface area contributed by atoms with Crippen molar-refractivity contribution in [2.24, 2.45) is 0 Å². The number of ether oxygens (including phenoxy) is 1. The summed E-state index contributed by atoms with van der Waals surface area (Å²) in [7, 11) is 0. The number of carbonyl (C=O) groups is 1. The molecule has 0 spiro atoms. The number of amides is 1. The van der Waals surface area contributed by atoms with Crippen LogP contribution in [0, 0.1) is 6.92 Å². The second-order valence-electron chi connectivity index (χ2n) is 6.05. The van der Waals surface area contributed by atoms with Gasteiger partial charge in [-0.25, -0.2) is 9.97 Å². The van der Waals surface area contributed by atoms with E-state index in [9.17, 15) is 4.79 Å². The number of carbonyl (C=O) groups excluding carboxylic acids is 1. The number of aromatic nitrogens is 2. The van der Waals surface area contributed by atoms with Crippen LogP contribution in [0.15, 0.2) is 60.9 Å². The highest BCUT2D eigenvalue weighted by molar-refractivity contribution is 6.03. The van der Waals surface area contributed by atoms with Crippen LogP contribution >= 0.6 is 0 Å². The van der Waals surface area contributed by atoms with Gasteiger partial charge in [-0.15, -0.1) is 0 Å². The van der Waals surface area contributed by atoms with Gasteiger partial charge in [0.25, 0.3) is 5.91 Å². The fourth-order valence-corrected chi connectivity index (χ4v) is 2.43. The van der Waals surface area contributed by atoms with Crippen LogP contribution in [-0.2, 0) is 6.54 Å². The minimum atomic E-state index is -0.260. The highest BCUT2D eigenvalue weighted by atomic mass is 16.5. The maximum atomic E-state index is 12.3. The summed E-state index contributed by atoms with van der Waals surface area (Å²) in [6, 6.07) is 15.4. The van der Waals surface area contributed by atoms with Gasteiger partial charge in [-0.05, 0) is 43.7 Å². The van der Waals surface area contributed by atoms with E-state index in [1.165, 1.54) is 18.0 Å². The SMILES string of the molecule is CCOc1ccc(NC(=O)c2cnc(NCc3ccc(C)cc3)nc2)cc1. The van der Waals surface area contributed by atoms with Gasteiger partial charge in [0.15, 0.2) is 0 Å². The van der Waals surface area contributed by atoms with Crippen LogP contribution in [0.4, 0.5) is 11.6 Å². The Morgan fingerprint density at radius 2 is 1.67 bits per heavy atom. The Labute approximate surface area is 158 Å². The van der Waals surface area contributed by atoms with Gasteiger partial charge in [0.05, 0.1) is 12.2 Å². The summed E-state index contributed by atoms with van der Waals surface area (Å²) < 4.78 is 5.38. The lowest BCUT2D eigenvalue weighted by Gasteiger charge is -2.08. The zero-order chi connectivity index (χ0) is 19.1. The Balaban J connectivity index is 1.55. The standard InChI is InChI=1S/C21H22N4O2/c1-3-27-19-10-8-18(9-11-19)25-20(26)17-13-23-21(24-14-17)22-12-16-6-4-15(2)5-7-16/h4-11,13-14H,3,12H2,1-2H3,(H,25,26)(H,22,23,24). The zero-order valence-corrected chi connectivity index (χ0v) is 15.4. The minimum absolute atomic E-state index is 0.260. The lowest BCUT2D eigenvalue weighted by atomic mass is 10.1. The van der Waals surface area contributed by atoms with E-state index in [4.69, 9.17) is 4.74 Å². The molecule has 0 radical (unpaired) electrons. The van der Waals surface area contributed by atoms with Gasteiger partial charge >= 0.3 is 0 Å². The molecule has 0 unspecified atom stereocenters. The van der Waals surface area contributed by atoms with Gasteiger partial charge in [-0.2, -0.15) is 0 Å². The van der Waals surface area contributed by atoms with Crippen molar-refractivity contribution in [2.45, 2.75) is 20.4 Å². The lowest BCUT2D eigenvalue weighted by Crippen LogP contribution is -2.13. The molecule has 3 rings (SSSR count). The van der Waals surface area contributed by atoms with Gasteiger partial charge in [0.1, 0.15) is 5.75 Å². The maximum Gasteiger partial charge on any atom is 0.258 e. The number of anilines is 2. The van der Waals surface area contributed by atoms with E-state index in [0.29, 0.717) is 30.4 Å². The molecule has 2 aromatic carbocycles. The molecule has 6 nitrogen and oxygen atoms in total. The number of nitrogens with one attached hydrogen (secondary N) is 2. The van der Waals surface area contributed by atoms with Gasteiger partial charge in [-0.1, -0.05) is 29.8 Å². The Morgan fingerprint density at radius 3 is 2.30 bits per heavy atom. The van der Waals surface area contributed by atoms with Crippen LogP contribution in [0.1, 0.15) is 28.4 Å². The first kappa shape index (κ1) is 18.4. The second kappa shape index (κ2) is 8.80. The van der Waals surface area contributed by atoms with E-state index < -0.39 is 0 Å². The van der Waals surface area contributed by atoms with Gasteiger partial charge < -0.3 is 15.4 Å². The number of nitrogens with zero attached hydrogens (tertiary/aromatic N) is 2. The third-order valence-electron chi connectivity index (χ3n) is 3.91. The van der Waals surface area contributed by atoms with Crippen LogP contribution in [0.3, 0.4) is 0 Å². The largest absolute Gasteiger partial charge is 0.494 e.